The predicted molar refractivity (Wildman–Crippen MR) is 120 cm³/mol. The summed E-state index contributed by atoms with van der Waals surface area (Å²) < 4.78 is 5.05. The molecule has 3 rings (SSSR count). The zero-order valence-corrected chi connectivity index (χ0v) is 17.9. The van der Waals surface area contributed by atoms with Gasteiger partial charge in [0.2, 0.25) is 0 Å². The fourth-order valence-corrected chi connectivity index (χ4v) is 3.78. The second-order valence-corrected chi connectivity index (χ2v) is 7.66. The Kier molecular flexibility index (Phi) is 7.81. The highest BCUT2D eigenvalue weighted by molar-refractivity contribution is 7.13. The van der Waals surface area contributed by atoms with Gasteiger partial charge in [-0.25, -0.2) is 9.78 Å². The van der Waals surface area contributed by atoms with Gasteiger partial charge < -0.3 is 25.2 Å². The monoisotopic (exact) mass is 429 g/mol. The van der Waals surface area contributed by atoms with E-state index in [9.17, 15) is 9.59 Å². The fraction of sp³-hybridized carbons (Fsp3) is 0.381. The van der Waals surface area contributed by atoms with Gasteiger partial charge in [-0.1, -0.05) is 13.0 Å². The van der Waals surface area contributed by atoms with E-state index in [-0.39, 0.29) is 12.3 Å². The molecule has 0 atom stereocenters. The molecule has 2 heterocycles. The van der Waals surface area contributed by atoms with Crippen molar-refractivity contribution in [3.8, 4) is 0 Å². The number of carbonyl (C=O) groups is 2. The summed E-state index contributed by atoms with van der Waals surface area (Å²) in [7, 11) is 0. The zero-order valence-electron chi connectivity index (χ0n) is 17.1. The Morgan fingerprint density at radius 3 is 2.63 bits per heavy atom. The number of nitrogens with zero attached hydrogens (tertiary/aromatic N) is 3. The van der Waals surface area contributed by atoms with Crippen LogP contribution in [0.15, 0.2) is 42.3 Å². The molecule has 30 heavy (non-hydrogen) atoms. The van der Waals surface area contributed by atoms with Crippen molar-refractivity contribution in [1.82, 2.24) is 9.88 Å². The van der Waals surface area contributed by atoms with E-state index in [1.165, 1.54) is 11.3 Å². The molecule has 1 saturated heterocycles. The summed E-state index contributed by atoms with van der Waals surface area (Å²) in [6, 6.07) is 7.71. The Balaban J connectivity index is 1.44. The van der Waals surface area contributed by atoms with Crippen molar-refractivity contribution in [2.24, 2.45) is 0 Å². The standard InChI is InChI=1S/C21H27N5O3S/c1-3-9-22-21-24-18(15-30-21)20(28)29-14-19(27)23-16-5-7-17(8-6-16)26-12-10-25(4-2)11-13-26/h3,5-8,15H,1,4,9-14H2,2H3,(H,22,24)(H,23,27). The van der Waals surface area contributed by atoms with Crippen LogP contribution >= 0.6 is 11.3 Å². The van der Waals surface area contributed by atoms with Gasteiger partial charge >= 0.3 is 5.97 Å². The van der Waals surface area contributed by atoms with Gasteiger partial charge in [0, 0.05) is 49.5 Å². The molecule has 2 N–H and O–H groups in total. The quantitative estimate of drug-likeness (QED) is 0.468. The number of hydrogen-bond acceptors (Lipinski definition) is 8. The maximum absolute atomic E-state index is 12.1. The third-order valence-corrected chi connectivity index (χ3v) is 5.58. The van der Waals surface area contributed by atoms with Crippen LogP contribution in [0, 0.1) is 0 Å². The van der Waals surface area contributed by atoms with Crippen molar-refractivity contribution in [1.29, 1.82) is 0 Å². The second-order valence-electron chi connectivity index (χ2n) is 6.80. The number of amides is 1. The van der Waals surface area contributed by atoms with Crippen molar-refractivity contribution in [2.75, 3.05) is 61.4 Å². The largest absolute Gasteiger partial charge is 0.451 e. The maximum Gasteiger partial charge on any atom is 0.358 e. The number of benzene rings is 1. The molecule has 1 amide bonds. The Bertz CT molecular complexity index is 860. The molecule has 0 bridgehead atoms. The molecule has 0 aliphatic carbocycles. The van der Waals surface area contributed by atoms with Crippen LogP contribution in [0.4, 0.5) is 16.5 Å². The number of thiazole rings is 1. The molecule has 1 aliphatic rings. The van der Waals surface area contributed by atoms with Crippen LogP contribution in [0.3, 0.4) is 0 Å². The molecular formula is C21H27N5O3S. The van der Waals surface area contributed by atoms with Crippen LogP contribution in [0.2, 0.25) is 0 Å². The van der Waals surface area contributed by atoms with E-state index in [0.717, 1.165) is 38.4 Å². The van der Waals surface area contributed by atoms with E-state index in [2.05, 4.69) is 38.9 Å². The summed E-state index contributed by atoms with van der Waals surface area (Å²) in [5.74, 6) is -1.03. The topological polar surface area (TPSA) is 86.8 Å². The van der Waals surface area contributed by atoms with Gasteiger partial charge in [-0.05, 0) is 30.8 Å². The van der Waals surface area contributed by atoms with Gasteiger partial charge in [0.05, 0.1) is 0 Å². The summed E-state index contributed by atoms with van der Waals surface area (Å²) >= 11 is 1.29. The normalized spacial score (nSPS) is 14.2. The molecule has 8 nitrogen and oxygen atoms in total. The lowest BCUT2D eigenvalue weighted by Crippen LogP contribution is -2.46. The maximum atomic E-state index is 12.1. The first-order valence-electron chi connectivity index (χ1n) is 9.93. The first-order chi connectivity index (χ1) is 14.6. The van der Waals surface area contributed by atoms with Crippen molar-refractivity contribution < 1.29 is 14.3 Å². The second kappa shape index (κ2) is 10.7. The molecule has 2 aromatic rings. The van der Waals surface area contributed by atoms with Crippen molar-refractivity contribution >= 4 is 39.7 Å². The van der Waals surface area contributed by atoms with E-state index in [1.54, 1.807) is 11.5 Å². The Hall–Kier alpha value is -2.91. The highest BCUT2D eigenvalue weighted by Gasteiger charge is 2.16. The average Bonchev–Trinajstić information content (AvgIpc) is 3.26. The molecule has 9 heteroatoms. The summed E-state index contributed by atoms with van der Waals surface area (Å²) in [6.07, 6.45) is 1.70. The molecule has 0 saturated carbocycles. The lowest BCUT2D eigenvalue weighted by molar-refractivity contribution is -0.119. The van der Waals surface area contributed by atoms with Gasteiger partial charge in [-0.2, -0.15) is 0 Å². The van der Waals surface area contributed by atoms with Gasteiger partial charge in [0.25, 0.3) is 5.91 Å². The molecule has 160 valence electrons. The number of likely N-dealkylation sites (N-methyl/N-ethyl adjacent to an activating group) is 1. The predicted octanol–water partition coefficient (Wildman–Crippen LogP) is 2.68. The smallest absolute Gasteiger partial charge is 0.358 e. The molecule has 1 fully saturated rings. The average molecular weight is 430 g/mol. The number of aromatic nitrogens is 1. The minimum atomic E-state index is -0.630. The van der Waals surface area contributed by atoms with Crippen LogP contribution in [0.25, 0.3) is 0 Å². The van der Waals surface area contributed by atoms with Gasteiger partial charge in [-0.3, -0.25) is 4.79 Å². The van der Waals surface area contributed by atoms with E-state index in [1.807, 2.05) is 24.3 Å². The lowest BCUT2D eigenvalue weighted by atomic mass is 10.2. The van der Waals surface area contributed by atoms with Crippen molar-refractivity contribution in [3.05, 3.63) is 48.0 Å². The first kappa shape index (κ1) is 21.8. The Labute approximate surface area is 180 Å². The molecule has 0 radical (unpaired) electrons. The highest BCUT2D eigenvalue weighted by Crippen LogP contribution is 2.20. The number of esters is 1. The number of piperazine rings is 1. The van der Waals surface area contributed by atoms with E-state index < -0.39 is 11.9 Å². The van der Waals surface area contributed by atoms with Crippen LogP contribution in [-0.4, -0.2) is 67.6 Å². The van der Waals surface area contributed by atoms with Crippen molar-refractivity contribution in [2.45, 2.75) is 6.92 Å². The van der Waals surface area contributed by atoms with Crippen LogP contribution < -0.4 is 15.5 Å². The molecule has 1 aliphatic heterocycles. The minimum absolute atomic E-state index is 0.173. The zero-order chi connectivity index (χ0) is 21.3. The lowest BCUT2D eigenvalue weighted by Gasteiger charge is -2.35. The minimum Gasteiger partial charge on any atom is -0.451 e. The molecule has 1 aromatic carbocycles. The first-order valence-corrected chi connectivity index (χ1v) is 10.8. The van der Waals surface area contributed by atoms with Gasteiger partial charge in [0.15, 0.2) is 17.4 Å². The fourth-order valence-electron chi connectivity index (χ4n) is 3.09. The van der Waals surface area contributed by atoms with Crippen LogP contribution in [0.1, 0.15) is 17.4 Å². The SMILES string of the molecule is C=CCNc1nc(C(=O)OCC(=O)Nc2ccc(N3CCN(CC)CC3)cc2)cs1. The third kappa shape index (κ3) is 6.04. The number of carbonyl (C=O) groups excluding carboxylic acids is 2. The number of anilines is 3. The van der Waals surface area contributed by atoms with Gasteiger partial charge in [-0.15, -0.1) is 17.9 Å². The number of rotatable bonds is 9. The Morgan fingerprint density at radius 1 is 1.23 bits per heavy atom. The highest BCUT2D eigenvalue weighted by atomic mass is 32.1. The number of nitrogens with one attached hydrogen (secondary N) is 2. The van der Waals surface area contributed by atoms with E-state index >= 15 is 0 Å². The van der Waals surface area contributed by atoms with Crippen molar-refractivity contribution in [3.63, 3.8) is 0 Å². The summed E-state index contributed by atoms with van der Waals surface area (Å²) in [6.45, 7) is 11.2. The molecule has 1 aromatic heterocycles. The summed E-state index contributed by atoms with van der Waals surface area (Å²) in [5, 5.41) is 7.93. The van der Waals surface area contributed by atoms with Crippen LogP contribution in [-0.2, 0) is 9.53 Å². The van der Waals surface area contributed by atoms with E-state index in [0.29, 0.717) is 17.4 Å². The molecular weight excluding hydrogens is 402 g/mol. The van der Waals surface area contributed by atoms with E-state index in [4.69, 9.17) is 4.74 Å². The number of hydrogen-bond donors (Lipinski definition) is 2. The summed E-state index contributed by atoms with van der Waals surface area (Å²) in [5.41, 5.74) is 1.98. The molecule has 0 spiro atoms. The van der Waals surface area contributed by atoms with Gasteiger partial charge in [0.1, 0.15) is 0 Å². The molecule has 0 unspecified atom stereocenters. The Morgan fingerprint density at radius 2 is 1.97 bits per heavy atom. The number of ether oxygens (including phenoxy) is 1. The van der Waals surface area contributed by atoms with Crippen LogP contribution in [0.5, 0.6) is 0 Å². The third-order valence-electron chi connectivity index (χ3n) is 4.78. The summed E-state index contributed by atoms with van der Waals surface area (Å²) in [4.78, 5) is 33.0.